The molecule has 1 aliphatic heterocycles. The van der Waals surface area contributed by atoms with Gasteiger partial charge < -0.3 is 9.42 Å². The summed E-state index contributed by atoms with van der Waals surface area (Å²) in [4.78, 5) is 4.77. The quantitative estimate of drug-likeness (QED) is 0.441. The molecule has 1 fully saturated rings. The van der Waals surface area contributed by atoms with Crippen molar-refractivity contribution in [3.63, 3.8) is 0 Å². The van der Waals surface area contributed by atoms with Crippen LogP contribution in [0, 0.1) is 23.2 Å². The first-order valence-electron chi connectivity index (χ1n) is 11.2. The van der Waals surface area contributed by atoms with Gasteiger partial charge >= 0.3 is 0 Å². The van der Waals surface area contributed by atoms with E-state index in [1.165, 1.54) is 5.56 Å². The third-order valence-electron chi connectivity index (χ3n) is 5.99. The summed E-state index contributed by atoms with van der Waals surface area (Å²) < 4.78 is 5.48. The van der Waals surface area contributed by atoms with Crippen molar-refractivity contribution in [2.75, 3.05) is 31.1 Å². The second kappa shape index (κ2) is 9.61. The van der Waals surface area contributed by atoms with Crippen LogP contribution < -0.4 is 4.90 Å². The maximum atomic E-state index is 9.02. The molecule has 1 saturated heterocycles. The largest absolute Gasteiger partial charge is 0.354 e. The summed E-state index contributed by atoms with van der Waals surface area (Å²) in [6.45, 7) is 4.68. The maximum Gasteiger partial charge on any atom is 0.180 e. The second-order valence-corrected chi connectivity index (χ2v) is 8.21. The molecule has 33 heavy (non-hydrogen) atoms. The van der Waals surface area contributed by atoms with E-state index in [2.05, 4.69) is 57.1 Å². The lowest BCUT2D eigenvalue weighted by Gasteiger charge is -2.34. The number of nitriles is 1. The van der Waals surface area contributed by atoms with Gasteiger partial charge in [0.05, 0.1) is 17.9 Å². The number of para-hydroxylation sites is 1. The Kier molecular flexibility index (Phi) is 6.06. The first kappa shape index (κ1) is 20.8. The smallest absolute Gasteiger partial charge is 0.180 e. The molecule has 0 radical (unpaired) electrons. The summed E-state index contributed by atoms with van der Waals surface area (Å²) in [6, 6.07) is 26.5. The highest BCUT2D eigenvalue weighted by Gasteiger charge is 2.21. The molecule has 162 valence electrons. The van der Waals surface area contributed by atoms with Crippen LogP contribution >= 0.6 is 0 Å². The van der Waals surface area contributed by atoms with Crippen molar-refractivity contribution in [3.8, 4) is 17.9 Å². The Bertz CT molecular complexity index is 1360. The summed E-state index contributed by atoms with van der Waals surface area (Å²) in [5.74, 6) is 7.46. The van der Waals surface area contributed by atoms with Gasteiger partial charge in [-0.3, -0.25) is 4.90 Å². The van der Waals surface area contributed by atoms with E-state index >= 15 is 0 Å². The Labute approximate surface area is 193 Å². The van der Waals surface area contributed by atoms with Crippen molar-refractivity contribution >= 4 is 16.8 Å². The third-order valence-corrected chi connectivity index (χ3v) is 5.99. The average molecular weight is 433 g/mol. The van der Waals surface area contributed by atoms with E-state index in [0.29, 0.717) is 6.42 Å². The molecule has 1 aromatic heterocycles. The van der Waals surface area contributed by atoms with Crippen molar-refractivity contribution < 1.29 is 4.52 Å². The molecule has 0 atom stereocenters. The molecule has 2 heterocycles. The number of hydrogen-bond donors (Lipinski definition) is 0. The van der Waals surface area contributed by atoms with Gasteiger partial charge in [0, 0.05) is 43.9 Å². The minimum Gasteiger partial charge on any atom is -0.354 e. The molecule has 5 heteroatoms. The van der Waals surface area contributed by atoms with Gasteiger partial charge in [0.1, 0.15) is 0 Å². The number of piperazine rings is 1. The highest BCUT2D eigenvalue weighted by molar-refractivity contribution is 5.88. The van der Waals surface area contributed by atoms with Crippen molar-refractivity contribution in [1.82, 2.24) is 10.1 Å². The molecule has 0 unspecified atom stereocenters. The fraction of sp³-hybridized carbons (Fsp3) is 0.214. The fourth-order valence-electron chi connectivity index (χ4n) is 4.25. The van der Waals surface area contributed by atoms with Gasteiger partial charge in [0.15, 0.2) is 11.4 Å². The number of nitrogens with zero attached hydrogens (tertiary/aromatic N) is 4. The molecule has 5 rings (SSSR count). The van der Waals surface area contributed by atoms with E-state index in [1.54, 1.807) is 0 Å². The highest BCUT2D eigenvalue weighted by Crippen LogP contribution is 2.26. The van der Waals surface area contributed by atoms with E-state index in [-0.39, 0.29) is 0 Å². The Hall–Kier alpha value is -4.06. The number of fused-ring (bicyclic) bond motifs is 1. The van der Waals surface area contributed by atoms with Crippen LogP contribution in [0.3, 0.4) is 0 Å². The number of rotatable bonds is 4. The van der Waals surface area contributed by atoms with E-state index in [4.69, 9.17) is 9.78 Å². The molecule has 1 aliphatic rings. The first-order chi connectivity index (χ1) is 16.3. The Balaban J connectivity index is 1.23. The normalized spacial score (nSPS) is 14.0. The number of benzene rings is 3. The molecule has 0 N–H and O–H groups in total. The Morgan fingerprint density at radius 2 is 1.70 bits per heavy atom. The Morgan fingerprint density at radius 3 is 2.58 bits per heavy atom. The zero-order valence-corrected chi connectivity index (χ0v) is 18.4. The topological polar surface area (TPSA) is 56.3 Å². The third kappa shape index (κ3) is 4.75. The van der Waals surface area contributed by atoms with Gasteiger partial charge in [0.2, 0.25) is 0 Å². The number of aromatic nitrogens is 1. The number of anilines is 1. The van der Waals surface area contributed by atoms with Crippen LogP contribution in [0.1, 0.15) is 22.3 Å². The van der Waals surface area contributed by atoms with Gasteiger partial charge in [0.25, 0.3) is 0 Å². The van der Waals surface area contributed by atoms with Crippen LogP contribution in [0.15, 0.2) is 77.3 Å². The molecule has 5 nitrogen and oxygen atoms in total. The molecule has 0 spiro atoms. The van der Waals surface area contributed by atoms with Gasteiger partial charge in [-0.05, 0) is 41.5 Å². The highest BCUT2D eigenvalue weighted by atomic mass is 16.5. The average Bonchev–Trinajstić information content (AvgIpc) is 3.29. The fourth-order valence-corrected chi connectivity index (χ4v) is 4.25. The molecule has 0 amide bonds. The zero-order valence-electron chi connectivity index (χ0n) is 18.4. The molecule has 0 saturated carbocycles. The zero-order chi connectivity index (χ0) is 22.5. The minimum absolute atomic E-state index is 0.376. The lowest BCUT2D eigenvalue weighted by Crippen LogP contribution is -2.46. The van der Waals surface area contributed by atoms with E-state index in [9.17, 15) is 0 Å². The molecule has 3 aromatic carbocycles. The maximum absolute atomic E-state index is 9.02. The monoisotopic (exact) mass is 432 g/mol. The lowest BCUT2D eigenvalue weighted by atomic mass is 10.0. The van der Waals surface area contributed by atoms with Crippen molar-refractivity contribution in [3.05, 3.63) is 95.1 Å². The molecular formula is C28H24N4O. The van der Waals surface area contributed by atoms with Crippen LogP contribution in [-0.2, 0) is 13.0 Å². The Morgan fingerprint density at radius 1 is 0.879 bits per heavy atom. The van der Waals surface area contributed by atoms with Crippen molar-refractivity contribution in [1.29, 1.82) is 5.26 Å². The molecule has 0 aliphatic carbocycles. The summed E-state index contributed by atoms with van der Waals surface area (Å²) in [6.07, 6.45) is 0.376. The summed E-state index contributed by atoms with van der Waals surface area (Å²) in [5.41, 5.74) is 4.98. The van der Waals surface area contributed by atoms with E-state index in [0.717, 1.165) is 66.2 Å². The van der Waals surface area contributed by atoms with Crippen LogP contribution in [0.4, 0.5) is 5.82 Å². The number of hydrogen-bond acceptors (Lipinski definition) is 5. The summed E-state index contributed by atoms with van der Waals surface area (Å²) in [5, 5.41) is 14.4. The van der Waals surface area contributed by atoms with Gasteiger partial charge in [-0.15, -0.1) is 0 Å². The van der Waals surface area contributed by atoms with Gasteiger partial charge in [-0.25, -0.2) is 0 Å². The van der Waals surface area contributed by atoms with Gasteiger partial charge in [-0.2, -0.15) is 5.26 Å². The lowest BCUT2D eigenvalue weighted by molar-refractivity contribution is 0.248. The summed E-state index contributed by atoms with van der Waals surface area (Å²) in [7, 11) is 0. The summed E-state index contributed by atoms with van der Waals surface area (Å²) >= 11 is 0. The van der Waals surface area contributed by atoms with Crippen molar-refractivity contribution in [2.24, 2.45) is 0 Å². The first-order valence-corrected chi connectivity index (χ1v) is 11.2. The van der Waals surface area contributed by atoms with Crippen LogP contribution in [-0.4, -0.2) is 36.2 Å². The van der Waals surface area contributed by atoms with Crippen LogP contribution in [0.5, 0.6) is 0 Å². The van der Waals surface area contributed by atoms with Gasteiger partial charge in [-0.1, -0.05) is 59.5 Å². The molecule has 0 bridgehead atoms. The van der Waals surface area contributed by atoms with Crippen molar-refractivity contribution in [2.45, 2.75) is 13.0 Å². The predicted octanol–water partition coefficient (Wildman–Crippen LogP) is 4.62. The van der Waals surface area contributed by atoms with E-state index in [1.807, 2.05) is 48.5 Å². The SMILES string of the molecule is N#CCc1ccccc1C#Cc1cccc(CN2CCN(c3noc4ccccc34)CC2)c1. The second-order valence-electron chi connectivity index (χ2n) is 8.21. The predicted molar refractivity (Wildman–Crippen MR) is 130 cm³/mol. The van der Waals surface area contributed by atoms with Crippen LogP contribution in [0.2, 0.25) is 0 Å². The molecule has 4 aromatic rings. The standard InChI is InChI=1S/C28H24N4O/c29-15-14-25-9-2-1-8-24(25)13-12-22-6-5-7-23(20-22)21-31-16-18-32(19-17-31)28-26-10-3-4-11-27(26)33-30-28/h1-11,20H,14,16-19,21H2. The van der Waals surface area contributed by atoms with Crippen LogP contribution in [0.25, 0.3) is 11.0 Å². The minimum atomic E-state index is 0.376. The van der Waals surface area contributed by atoms with E-state index < -0.39 is 0 Å². The molecular weight excluding hydrogens is 408 g/mol.